The van der Waals surface area contributed by atoms with E-state index < -0.39 is 23.8 Å². The maximum atomic E-state index is 13.2. The average Bonchev–Trinajstić information content (AvgIpc) is 3.11. The van der Waals surface area contributed by atoms with Crippen LogP contribution in [0.15, 0.2) is 52.2 Å². The second kappa shape index (κ2) is 9.41. The molecule has 1 unspecified atom stereocenters. The van der Waals surface area contributed by atoms with Crippen molar-refractivity contribution < 1.29 is 14.3 Å². The Kier molecular flexibility index (Phi) is 6.40. The number of fused-ring (bicyclic) bond motifs is 1. The van der Waals surface area contributed by atoms with Crippen molar-refractivity contribution in [1.29, 1.82) is 5.41 Å². The number of hydrogen-bond acceptors (Lipinski definition) is 8. The number of ether oxygens (including phenoxy) is 1. The Morgan fingerprint density at radius 1 is 1.18 bits per heavy atom. The normalized spacial score (nSPS) is 15.6. The highest BCUT2D eigenvalue weighted by Crippen LogP contribution is 2.23. The molecule has 170 valence electrons. The lowest BCUT2D eigenvalue weighted by Gasteiger charge is -2.14. The van der Waals surface area contributed by atoms with E-state index in [0.29, 0.717) is 6.42 Å². The zero-order valence-electron chi connectivity index (χ0n) is 17.7. The van der Waals surface area contributed by atoms with Crippen LogP contribution in [0, 0.1) is 5.41 Å². The lowest BCUT2D eigenvalue weighted by Crippen LogP contribution is -2.42. The first-order chi connectivity index (χ1) is 15.9. The first-order valence-electron chi connectivity index (χ1n) is 10.2. The summed E-state index contributed by atoms with van der Waals surface area (Å²) in [7, 11) is 0. The van der Waals surface area contributed by atoms with Gasteiger partial charge >= 0.3 is 11.7 Å². The smallest absolute Gasteiger partial charge is 0.333 e. The fourth-order valence-electron chi connectivity index (χ4n) is 3.67. The monoisotopic (exact) mass is 467 g/mol. The van der Waals surface area contributed by atoms with Crippen LogP contribution in [0.25, 0.3) is 11.0 Å². The van der Waals surface area contributed by atoms with E-state index in [1.54, 1.807) is 19.1 Å². The van der Waals surface area contributed by atoms with Crippen molar-refractivity contribution in [3.8, 4) is 0 Å². The number of hydrogen-bond donors (Lipinski definition) is 2. The third-order valence-electron chi connectivity index (χ3n) is 5.11. The quantitative estimate of drug-likeness (QED) is 0.492. The molecule has 1 saturated heterocycles. The largest absolute Gasteiger partial charge is 0.465 e. The van der Waals surface area contributed by atoms with Gasteiger partial charge in [-0.1, -0.05) is 36.0 Å². The highest BCUT2D eigenvalue weighted by Gasteiger charge is 2.29. The topological polar surface area (TPSA) is 136 Å². The number of carbonyl (C=O) groups is 2. The van der Waals surface area contributed by atoms with Crippen LogP contribution in [-0.2, 0) is 33.8 Å². The molecule has 4 rings (SSSR count). The molecule has 1 atom stereocenters. The SMILES string of the molecule is CCOC(=O)Cn1c(=O)c2cccnc2n(Cc2cccc(CC3SC(=N)NC3=O)c2)c1=O. The molecule has 0 bridgehead atoms. The minimum Gasteiger partial charge on any atom is -0.465 e. The number of nitrogens with zero attached hydrogens (tertiary/aromatic N) is 3. The van der Waals surface area contributed by atoms with E-state index in [0.717, 1.165) is 15.7 Å². The standard InChI is InChI=1S/C22H21N5O5S/c1-2-32-17(28)12-27-20(30)15-7-4-8-24-18(15)26(22(27)31)11-14-6-3-5-13(9-14)10-16-19(29)25-21(23)33-16/h3-9,16H,2,10-12H2,1H3,(H2,23,25,29). The number of esters is 1. The Hall–Kier alpha value is -3.73. The summed E-state index contributed by atoms with van der Waals surface area (Å²) in [5.41, 5.74) is 0.593. The molecular formula is C22H21N5O5S. The molecule has 0 aliphatic carbocycles. The Balaban J connectivity index is 1.71. The maximum absolute atomic E-state index is 13.2. The molecule has 1 amide bonds. The highest BCUT2D eigenvalue weighted by molar-refractivity contribution is 8.15. The van der Waals surface area contributed by atoms with Crippen LogP contribution in [-0.4, -0.2) is 43.0 Å². The molecule has 33 heavy (non-hydrogen) atoms. The number of rotatable bonds is 7. The summed E-state index contributed by atoms with van der Waals surface area (Å²) in [6.07, 6.45) is 1.93. The summed E-state index contributed by atoms with van der Waals surface area (Å²) < 4.78 is 7.12. The summed E-state index contributed by atoms with van der Waals surface area (Å²) in [5.74, 6) is -0.876. The molecule has 2 aromatic heterocycles. The van der Waals surface area contributed by atoms with Crippen LogP contribution in [0.1, 0.15) is 18.1 Å². The van der Waals surface area contributed by atoms with Gasteiger partial charge in [0.05, 0.1) is 23.8 Å². The molecular weight excluding hydrogens is 446 g/mol. The summed E-state index contributed by atoms with van der Waals surface area (Å²) in [6.45, 7) is 1.41. The van der Waals surface area contributed by atoms with Gasteiger partial charge in [0, 0.05) is 6.20 Å². The van der Waals surface area contributed by atoms with Crippen LogP contribution in [0.3, 0.4) is 0 Å². The fourth-order valence-corrected chi connectivity index (χ4v) is 4.55. The second-order valence-corrected chi connectivity index (χ2v) is 8.60. The van der Waals surface area contributed by atoms with E-state index >= 15 is 0 Å². The number of thioether (sulfide) groups is 1. The van der Waals surface area contributed by atoms with E-state index in [1.165, 1.54) is 22.5 Å². The van der Waals surface area contributed by atoms with Gasteiger partial charge < -0.3 is 10.1 Å². The maximum Gasteiger partial charge on any atom is 0.333 e. The molecule has 1 aliphatic rings. The predicted octanol–water partition coefficient (Wildman–Crippen LogP) is 0.878. The number of nitrogens with one attached hydrogen (secondary N) is 2. The molecule has 3 aromatic rings. The fraction of sp³-hybridized carbons (Fsp3) is 0.273. The minimum absolute atomic E-state index is 0.114. The molecule has 0 spiro atoms. The van der Waals surface area contributed by atoms with Crippen molar-refractivity contribution in [3.05, 3.63) is 74.6 Å². The third kappa shape index (κ3) is 4.72. The number of benzene rings is 1. The van der Waals surface area contributed by atoms with Gasteiger partial charge in [-0.25, -0.2) is 14.3 Å². The lowest BCUT2D eigenvalue weighted by atomic mass is 10.1. The molecule has 1 fully saturated rings. The summed E-state index contributed by atoms with van der Waals surface area (Å²) in [6, 6.07) is 10.6. The van der Waals surface area contributed by atoms with Gasteiger partial charge in [-0.05, 0) is 36.6 Å². The number of pyridine rings is 1. The van der Waals surface area contributed by atoms with Crippen molar-refractivity contribution >= 4 is 39.8 Å². The van der Waals surface area contributed by atoms with E-state index in [9.17, 15) is 19.2 Å². The zero-order valence-corrected chi connectivity index (χ0v) is 18.6. The van der Waals surface area contributed by atoms with Gasteiger partial charge in [0.25, 0.3) is 5.56 Å². The summed E-state index contributed by atoms with van der Waals surface area (Å²) >= 11 is 1.17. The van der Waals surface area contributed by atoms with Gasteiger partial charge in [0.2, 0.25) is 5.91 Å². The molecule has 1 aliphatic heterocycles. The average molecular weight is 468 g/mol. The van der Waals surface area contributed by atoms with Crippen molar-refractivity contribution in [1.82, 2.24) is 19.4 Å². The highest BCUT2D eigenvalue weighted by atomic mass is 32.2. The molecule has 10 nitrogen and oxygen atoms in total. The van der Waals surface area contributed by atoms with Crippen LogP contribution in [0.4, 0.5) is 0 Å². The van der Waals surface area contributed by atoms with Gasteiger partial charge in [0.1, 0.15) is 12.2 Å². The zero-order chi connectivity index (χ0) is 23.5. The molecule has 2 N–H and O–H groups in total. The first kappa shape index (κ1) is 22.5. The number of aromatic nitrogens is 3. The van der Waals surface area contributed by atoms with Gasteiger partial charge in [0.15, 0.2) is 5.17 Å². The van der Waals surface area contributed by atoms with E-state index in [2.05, 4.69) is 10.3 Å². The molecule has 3 heterocycles. The molecule has 0 saturated carbocycles. The van der Waals surface area contributed by atoms with Crippen LogP contribution in [0.5, 0.6) is 0 Å². The van der Waals surface area contributed by atoms with Crippen molar-refractivity contribution in [3.63, 3.8) is 0 Å². The van der Waals surface area contributed by atoms with Gasteiger partial charge in [-0.2, -0.15) is 0 Å². The second-order valence-electron chi connectivity index (χ2n) is 7.39. The van der Waals surface area contributed by atoms with Crippen molar-refractivity contribution in [2.45, 2.75) is 31.7 Å². The number of amides is 1. The Morgan fingerprint density at radius 3 is 2.70 bits per heavy atom. The van der Waals surface area contributed by atoms with Crippen LogP contribution in [0.2, 0.25) is 0 Å². The van der Waals surface area contributed by atoms with Crippen molar-refractivity contribution in [2.24, 2.45) is 0 Å². The van der Waals surface area contributed by atoms with Gasteiger partial charge in [-0.3, -0.25) is 24.4 Å². The molecule has 1 aromatic carbocycles. The van der Waals surface area contributed by atoms with E-state index in [4.69, 9.17) is 10.1 Å². The number of amidine groups is 1. The Labute approximate surface area is 192 Å². The lowest BCUT2D eigenvalue weighted by molar-refractivity contribution is -0.144. The minimum atomic E-state index is -0.675. The summed E-state index contributed by atoms with van der Waals surface area (Å²) in [5, 5.41) is 10.1. The molecule has 0 radical (unpaired) electrons. The van der Waals surface area contributed by atoms with Gasteiger partial charge in [-0.15, -0.1) is 0 Å². The first-order valence-corrected chi connectivity index (χ1v) is 11.1. The Morgan fingerprint density at radius 2 is 1.97 bits per heavy atom. The summed E-state index contributed by atoms with van der Waals surface area (Å²) in [4.78, 5) is 54.2. The Bertz CT molecular complexity index is 1380. The van der Waals surface area contributed by atoms with Crippen LogP contribution >= 0.6 is 11.8 Å². The van der Waals surface area contributed by atoms with Crippen LogP contribution < -0.4 is 16.6 Å². The van der Waals surface area contributed by atoms with E-state index in [-0.39, 0.29) is 40.5 Å². The third-order valence-corrected chi connectivity index (χ3v) is 6.12. The van der Waals surface area contributed by atoms with Crippen molar-refractivity contribution in [2.75, 3.05) is 6.61 Å². The predicted molar refractivity (Wildman–Crippen MR) is 123 cm³/mol. The number of carbonyl (C=O) groups excluding carboxylic acids is 2. The molecule has 11 heteroatoms. The van der Waals surface area contributed by atoms with E-state index in [1.807, 2.05) is 24.3 Å².